The Bertz CT molecular complexity index is 346. The summed E-state index contributed by atoms with van der Waals surface area (Å²) in [5.41, 5.74) is 7.70. The molecule has 0 aromatic carbocycles. The molecule has 1 aliphatic carbocycles. The largest absolute Gasteiger partial charge is 0.322 e. The standard InChI is InChI=1S/C12H18N2S2/c13-11(8-5-6-15-7-8)12-14-9-3-1-2-4-10(9)16-12/h8,11H,1-7,13H2. The Labute approximate surface area is 105 Å². The Morgan fingerprint density at radius 3 is 2.94 bits per heavy atom. The third kappa shape index (κ3) is 2.03. The van der Waals surface area contributed by atoms with Crippen molar-refractivity contribution in [3.8, 4) is 0 Å². The molecular weight excluding hydrogens is 236 g/mol. The smallest absolute Gasteiger partial charge is 0.110 e. The van der Waals surface area contributed by atoms with E-state index in [0.717, 1.165) is 0 Å². The van der Waals surface area contributed by atoms with E-state index in [9.17, 15) is 0 Å². The van der Waals surface area contributed by atoms with Crippen molar-refractivity contribution in [1.82, 2.24) is 4.98 Å². The molecule has 0 bridgehead atoms. The Morgan fingerprint density at radius 1 is 1.31 bits per heavy atom. The van der Waals surface area contributed by atoms with Crippen LogP contribution in [0.15, 0.2) is 0 Å². The summed E-state index contributed by atoms with van der Waals surface area (Å²) in [6.07, 6.45) is 6.33. The van der Waals surface area contributed by atoms with E-state index >= 15 is 0 Å². The maximum atomic E-state index is 6.35. The summed E-state index contributed by atoms with van der Waals surface area (Å²) in [7, 11) is 0. The number of hydrogen-bond acceptors (Lipinski definition) is 4. The second kappa shape index (κ2) is 4.67. The zero-order valence-corrected chi connectivity index (χ0v) is 11.1. The molecule has 2 unspecified atom stereocenters. The fourth-order valence-corrected chi connectivity index (χ4v) is 5.11. The molecule has 2 heterocycles. The third-order valence-corrected chi connectivity index (χ3v) is 6.07. The number of aromatic nitrogens is 1. The van der Waals surface area contributed by atoms with Crippen LogP contribution in [0.3, 0.4) is 0 Å². The van der Waals surface area contributed by atoms with Gasteiger partial charge in [0.25, 0.3) is 0 Å². The van der Waals surface area contributed by atoms with Gasteiger partial charge in [-0.25, -0.2) is 4.98 Å². The van der Waals surface area contributed by atoms with Crippen molar-refractivity contribution in [3.63, 3.8) is 0 Å². The van der Waals surface area contributed by atoms with Gasteiger partial charge in [0.15, 0.2) is 0 Å². The maximum Gasteiger partial charge on any atom is 0.110 e. The Morgan fingerprint density at radius 2 is 2.19 bits per heavy atom. The molecule has 2 aliphatic rings. The van der Waals surface area contributed by atoms with Crippen molar-refractivity contribution >= 4 is 23.1 Å². The lowest BCUT2D eigenvalue weighted by Gasteiger charge is -2.14. The quantitative estimate of drug-likeness (QED) is 0.882. The van der Waals surface area contributed by atoms with E-state index < -0.39 is 0 Å². The summed E-state index contributed by atoms with van der Waals surface area (Å²) in [6.45, 7) is 0. The van der Waals surface area contributed by atoms with Crippen LogP contribution in [0.2, 0.25) is 0 Å². The minimum absolute atomic E-state index is 0.200. The second-order valence-corrected chi connectivity index (χ2v) is 7.04. The molecule has 0 amide bonds. The minimum atomic E-state index is 0.200. The van der Waals surface area contributed by atoms with Crippen LogP contribution in [0, 0.1) is 5.92 Å². The lowest BCUT2D eigenvalue weighted by Crippen LogP contribution is -2.20. The van der Waals surface area contributed by atoms with Gasteiger partial charge in [0, 0.05) is 4.88 Å². The SMILES string of the molecule is NC(c1nc2c(s1)CCCC2)C1CCSC1. The van der Waals surface area contributed by atoms with E-state index in [2.05, 4.69) is 0 Å². The van der Waals surface area contributed by atoms with E-state index in [1.165, 1.54) is 59.2 Å². The van der Waals surface area contributed by atoms with Crippen molar-refractivity contribution in [2.75, 3.05) is 11.5 Å². The van der Waals surface area contributed by atoms with Gasteiger partial charge in [0.1, 0.15) is 5.01 Å². The fraction of sp³-hybridized carbons (Fsp3) is 0.750. The molecule has 2 nitrogen and oxygen atoms in total. The van der Waals surface area contributed by atoms with Crippen molar-refractivity contribution in [3.05, 3.63) is 15.6 Å². The van der Waals surface area contributed by atoms with E-state index in [1.54, 1.807) is 0 Å². The molecule has 0 radical (unpaired) electrons. The summed E-state index contributed by atoms with van der Waals surface area (Å²) >= 11 is 3.92. The fourth-order valence-electron chi connectivity index (χ4n) is 2.55. The molecule has 88 valence electrons. The summed E-state index contributed by atoms with van der Waals surface area (Å²) in [6, 6.07) is 0.200. The molecule has 1 fully saturated rings. The first-order chi connectivity index (χ1) is 7.84. The first-order valence-corrected chi connectivity index (χ1v) is 8.13. The highest BCUT2D eigenvalue weighted by atomic mass is 32.2. The first kappa shape index (κ1) is 11.1. The summed E-state index contributed by atoms with van der Waals surface area (Å²) in [4.78, 5) is 6.30. The van der Waals surface area contributed by atoms with Crippen molar-refractivity contribution < 1.29 is 0 Å². The molecule has 1 saturated heterocycles. The Kier molecular flexibility index (Phi) is 3.22. The second-order valence-electron chi connectivity index (χ2n) is 4.78. The average Bonchev–Trinajstić information content (AvgIpc) is 2.97. The van der Waals surface area contributed by atoms with E-state index in [4.69, 9.17) is 10.7 Å². The van der Waals surface area contributed by atoms with Crippen LogP contribution in [0.1, 0.15) is 40.9 Å². The van der Waals surface area contributed by atoms with Gasteiger partial charge in [-0.3, -0.25) is 0 Å². The lowest BCUT2D eigenvalue weighted by molar-refractivity contribution is 0.479. The molecule has 2 atom stereocenters. The van der Waals surface area contributed by atoms with Crippen LogP contribution in [0.5, 0.6) is 0 Å². The van der Waals surface area contributed by atoms with Gasteiger partial charge < -0.3 is 5.73 Å². The number of hydrogen-bond donors (Lipinski definition) is 1. The highest BCUT2D eigenvalue weighted by Crippen LogP contribution is 2.36. The number of thiazole rings is 1. The van der Waals surface area contributed by atoms with E-state index in [1.807, 2.05) is 23.1 Å². The average molecular weight is 254 g/mol. The van der Waals surface area contributed by atoms with Crippen LogP contribution in [-0.4, -0.2) is 16.5 Å². The predicted octanol–water partition coefficient (Wildman–Crippen LogP) is 2.77. The summed E-state index contributed by atoms with van der Waals surface area (Å²) < 4.78 is 0. The van der Waals surface area contributed by atoms with E-state index in [0.29, 0.717) is 5.92 Å². The minimum Gasteiger partial charge on any atom is -0.322 e. The molecule has 1 aliphatic heterocycles. The molecule has 2 N–H and O–H groups in total. The zero-order valence-electron chi connectivity index (χ0n) is 9.45. The van der Waals surface area contributed by atoms with Crippen molar-refractivity contribution in [1.29, 1.82) is 0 Å². The predicted molar refractivity (Wildman–Crippen MR) is 71.1 cm³/mol. The third-order valence-electron chi connectivity index (χ3n) is 3.62. The number of fused-ring (bicyclic) bond motifs is 1. The summed E-state index contributed by atoms with van der Waals surface area (Å²) in [5.74, 6) is 3.17. The van der Waals surface area contributed by atoms with Gasteiger partial charge in [-0.2, -0.15) is 11.8 Å². The van der Waals surface area contributed by atoms with Gasteiger partial charge in [0.2, 0.25) is 0 Å². The first-order valence-electron chi connectivity index (χ1n) is 6.16. The topological polar surface area (TPSA) is 38.9 Å². The van der Waals surface area contributed by atoms with Crippen LogP contribution < -0.4 is 5.73 Å². The number of nitrogens with zero attached hydrogens (tertiary/aromatic N) is 1. The molecule has 1 aromatic heterocycles. The van der Waals surface area contributed by atoms with Crippen LogP contribution in [-0.2, 0) is 12.8 Å². The van der Waals surface area contributed by atoms with Gasteiger partial charge in [0.05, 0.1) is 11.7 Å². The molecule has 0 saturated carbocycles. The molecule has 0 spiro atoms. The van der Waals surface area contributed by atoms with Gasteiger partial charge in [-0.1, -0.05) is 0 Å². The summed E-state index contributed by atoms with van der Waals surface area (Å²) in [5, 5.41) is 1.21. The van der Waals surface area contributed by atoms with Gasteiger partial charge in [-0.05, 0) is 49.5 Å². The number of nitrogens with two attached hydrogens (primary N) is 1. The van der Waals surface area contributed by atoms with Gasteiger partial charge in [-0.15, -0.1) is 11.3 Å². The van der Waals surface area contributed by atoms with Crippen molar-refractivity contribution in [2.24, 2.45) is 11.7 Å². The molecule has 16 heavy (non-hydrogen) atoms. The molecular formula is C12H18N2S2. The van der Waals surface area contributed by atoms with Crippen LogP contribution >= 0.6 is 23.1 Å². The normalized spacial score (nSPS) is 26.7. The molecule has 4 heteroatoms. The van der Waals surface area contributed by atoms with Gasteiger partial charge >= 0.3 is 0 Å². The highest BCUT2D eigenvalue weighted by molar-refractivity contribution is 7.99. The monoisotopic (exact) mass is 254 g/mol. The van der Waals surface area contributed by atoms with Crippen LogP contribution in [0.25, 0.3) is 0 Å². The lowest BCUT2D eigenvalue weighted by atomic mass is 10.0. The maximum absolute atomic E-state index is 6.35. The van der Waals surface area contributed by atoms with E-state index in [-0.39, 0.29) is 6.04 Å². The Hall–Kier alpha value is -0.0600. The highest BCUT2D eigenvalue weighted by Gasteiger charge is 2.27. The number of rotatable bonds is 2. The zero-order chi connectivity index (χ0) is 11.0. The number of aryl methyl sites for hydroxylation is 2. The Balaban J connectivity index is 1.80. The van der Waals surface area contributed by atoms with Crippen molar-refractivity contribution in [2.45, 2.75) is 38.1 Å². The number of thioether (sulfide) groups is 1. The molecule has 3 rings (SSSR count). The van der Waals surface area contributed by atoms with Crippen LogP contribution in [0.4, 0.5) is 0 Å². The molecule has 1 aromatic rings.